The van der Waals surface area contributed by atoms with E-state index in [1.54, 1.807) is 0 Å². The molecule has 4 aliphatic rings. The van der Waals surface area contributed by atoms with E-state index in [-0.39, 0.29) is 23.1 Å². The van der Waals surface area contributed by atoms with E-state index in [1.807, 2.05) is 0 Å². The predicted octanol–water partition coefficient (Wildman–Crippen LogP) is 13.6. The molecule has 0 saturated heterocycles. The molecular weight excluding hydrogens is 749 g/mol. The second-order valence-corrected chi connectivity index (χ2v) is 19.7. The molecule has 0 aromatic heterocycles. The largest absolute Gasteiger partial charge is 0.335 e. The molecule has 0 spiro atoms. The normalized spacial score (nSPS) is 19.5. The van der Waals surface area contributed by atoms with Gasteiger partial charge in [-0.2, -0.15) is 0 Å². The molecule has 0 N–H and O–H groups in total. The van der Waals surface area contributed by atoms with E-state index in [0.29, 0.717) is 0 Å². The third-order valence-electron chi connectivity index (χ3n) is 15.3. The Bertz CT molecular complexity index is 3080. The average Bonchev–Trinajstić information content (AvgIpc) is 3.51. The Morgan fingerprint density at radius 1 is 0.565 bits per heavy atom. The molecule has 1 aliphatic carbocycles. The molecule has 8 aromatic rings. The van der Waals surface area contributed by atoms with Crippen molar-refractivity contribution in [2.24, 2.45) is 0 Å². The molecule has 4 heteroatoms. The fourth-order valence-corrected chi connectivity index (χ4v) is 12.0. The fourth-order valence-electron chi connectivity index (χ4n) is 12.0. The van der Waals surface area contributed by atoms with Crippen molar-refractivity contribution in [1.29, 1.82) is 0 Å². The molecule has 1 saturated carbocycles. The van der Waals surface area contributed by atoms with Crippen molar-refractivity contribution in [3.63, 3.8) is 0 Å². The van der Waals surface area contributed by atoms with Crippen molar-refractivity contribution in [1.82, 2.24) is 0 Å². The molecular formula is C58H52BN3. The smallest absolute Gasteiger partial charge is 0.252 e. The summed E-state index contributed by atoms with van der Waals surface area (Å²) in [7, 11) is 0. The Labute approximate surface area is 367 Å². The molecule has 3 aliphatic heterocycles. The summed E-state index contributed by atoms with van der Waals surface area (Å²) in [4.78, 5) is 7.92. The second kappa shape index (κ2) is 13.5. The molecule has 62 heavy (non-hydrogen) atoms. The van der Waals surface area contributed by atoms with Crippen LogP contribution in [0.25, 0.3) is 21.9 Å². The first-order chi connectivity index (χ1) is 30.1. The second-order valence-electron chi connectivity index (χ2n) is 19.7. The van der Waals surface area contributed by atoms with E-state index in [0.717, 1.165) is 17.1 Å². The van der Waals surface area contributed by atoms with Crippen LogP contribution in [0.2, 0.25) is 0 Å². The van der Waals surface area contributed by atoms with Gasteiger partial charge in [0.25, 0.3) is 6.71 Å². The van der Waals surface area contributed by atoms with E-state index >= 15 is 0 Å². The van der Waals surface area contributed by atoms with E-state index in [1.165, 1.54) is 104 Å². The maximum Gasteiger partial charge on any atom is 0.252 e. The molecule has 0 bridgehead atoms. The maximum absolute atomic E-state index is 2.86. The number of hydrogen-bond donors (Lipinski definition) is 0. The summed E-state index contributed by atoms with van der Waals surface area (Å²) < 4.78 is 0. The van der Waals surface area contributed by atoms with Crippen molar-refractivity contribution in [2.75, 3.05) is 14.7 Å². The summed E-state index contributed by atoms with van der Waals surface area (Å²) >= 11 is 0. The fraction of sp³-hybridized carbons (Fsp3) is 0.207. The lowest BCUT2D eigenvalue weighted by molar-refractivity contribution is 0.195. The number of anilines is 8. The number of hydrogen-bond acceptors (Lipinski definition) is 3. The summed E-state index contributed by atoms with van der Waals surface area (Å²) in [6.07, 6.45) is 4.93. The molecule has 8 aromatic carbocycles. The van der Waals surface area contributed by atoms with E-state index in [9.17, 15) is 0 Å². The molecule has 2 atom stereocenters. The van der Waals surface area contributed by atoms with Gasteiger partial charge in [0.05, 0.1) is 11.2 Å². The van der Waals surface area contributed by atoms with Crippen LogP contribution in [-0.4, -0.2) is 12.3 Å². The van der Waals surface area contributed by atoms with Crippen molar-refractivity contribution in [2.45, 2.75) is 76.7 Å². The average molecular weight is 802 g/mol. The SMILES string of the molecule is CC(C)(C)c1cc2c3c(c1)N1c4c(cccc4C4(C)CCCCC14C)B3c1cc(N(c3ccccc3)c3ccccc3-c3ccc4ccccc4c3)ccc1N2c1ccccc1. The number of para-hydroxylation sites is 4. The highest BCUT2D eigenvalue weighted by molar-refractivity contribution is 7.00. The van der Waals surface area contributed by atoms with Gasteiger partial charge < -0.3 is 14.7 Å². The molecule has 0 amide bonds. The molecule has 12 rings (SSSR count). The van der Waals surface area contributed by atoms with Gasteiger partial charge in [0, 0.05) is 50.8 Å². The minimum Gasteiger partial charge on any atom is -0.335 e. The molecule has 3 heterocycles. The maximum atomic E-state index is 2.86. The Morgan fingerprint density at radius 2 is 1.27 bits per heavy atom. The van der Waals surface area contributed by atoms with Gasteiger partial charge >= 0.3 is 0 Å². The lowest BCUT2D eigenvalue weighted by Gasteiger charge is -2.53. The van der Waals surface area contributed by atoms with Crippen molar-refractivity contribution in [3.8, 4) is 11.1 Å². The van der Waals surface area contributed by atoms with Crippen LogP contribution in [0.15, 0.2) is 176 Å². The van der Waals surface area contributed by atoms with Crippen LogP contribution in [-0.2, 0) is 10.8 Å². The molecule has 0 radical (unpaired) electrons. The Hall–Kier alpha value is -6.52. The number of nitrogens with zero attached hydrogens (tertiary/aromatic N) is 3. The van der Waals surface area contributed by atoms with Crippen molar-refractivity contribution in [3.05, 3.63) is 187 Å². The van der Waals surface area contributed by atoms with E-state index in [4.69, 9.17) is 0 Å². The van der Waals surface area contributed by atoms with Gasteiger partial charge in [-0.25, -0.2) is 0 Å². The van der Waals surface area contributed by atoms with Gasteiger partial charge in [0.1, 0.15) is 0 Å². The van der Waals surface area contributed by atoms with Crippen molar-refractivity contribution < 1.29 is 0 Å². The summed E-state index contributed by atoms with van der Waals surface area (Å²) in [5.74, 6) is 0. The first-order valence-electron chi connectivity index (χ1n) is 22.7. The van der Waals surface area contributed by atoms with Gasteiger partial charge in [0.2, 0.25) is 0 Å². The molecule has 2 unspecified atom stereocenters. The minimum absolute atomic E-state index is 0.0325. The van der Waals surface area contributed by atoms with Crippen LogP contribution < -0.4 is 31.1 Å². The Kier molecular flexibility index (Phi) is 8.11. The van der Waals surface area contributed by atoms with Gasteiger partial charge in [-0.05, 0) is 136 Å². The molecule has 3 nitrogen and oxygen atoms in total. The van der Waals surface area contributed by atoms with Gasteiger partial charge in [-0.15, -0.1) is 0 Å². The van der Waals surface area contributed by atoms with Crippen molar-refractivity contribution >= 4 is 79.4 Å². The first kappa shape index (κ1) is 37.3. The standard InChI is InChI=1S/C58H52BN3/c1-56(2,3)42-36-52-54-53(37-42)62-55-47(57(4)33-16-17-34-58(57,62)5)26-18-27-48(55)59(54)49-38-45(31-32-51(49)61(52)44-23-10-7-11-24-44)60(43-21-8-6-9-22-43)50-28-15-14-25-46(50)41-30-29-39-19-12-13-20-40(39)35-41/h6-15,18-32,35-38H,16-17,33-34H2,1-5H3. The quantitative estimate of drug-likeness (QED) is 0.161. The zero-order valence-corrected chi connectivity index (χ0v) is 36.5. The van der Waals surface area contributed by atoms with Crippen LogP contribution in [0.5, 0.6) is 0 Å². The molecule has 1 fully saturated rings. The highest BCUT2D eigenvalue weighted by Crippen LogP contribution is 2.62. The van der Waals surface area contributed by atoms with Crippen LogP contribution in [0, 0.1) is 0 Å². The third kappa shape index (κ3) is 5.25. The topological polar surface area (TPSA) is 9.72 Å². The number of fused-ring (bicyclic) bond motifs is 8. The van der Waals surface area contributed by atoms with Gasteiger partial charge in [0.15, 0.2) is 0 Å². The number of benzene rings is 8. The minimum atomic E-state index is -0.0432. The lowest BCUT2D eigenvalue weighted by atomic mass is 9.33. The zero-order valence-electron chi connectivity index (χ0n) is 36.5. The van der Waals surface area contributed by atoms with Crippen LogP contribution in [0.3, 0.4) is 0 Å². The summed E-state index contributed by atoms with van der Waals surface area (Å²) in [5, 5.41) is 2.50. The van der Waals surface area contributed by atoms with Crippen LogP contribution >= 0.6 is 0 Å². The first-order valence-corrected chi connectivity index (χ1v) is 22.7. The predicted molar refractivity (Wildman–Crippen MR) is 265 cm³/mol. The zero-order chi connectivity index (χ0) is 42.0. The molecule has 302 valence electrons. The summed E-state index contributed by atoms with van der Waals surface area (Å²) in [6, 6.07) is 66.2. The number of rotatable bonds is 5. The van der Waals surface area contributed by atoms with Crippen LogP contribution in [0.4, 0.5) is 45.5 Å². The third-order valence-corrected chi connectivity index (χ3v) is 15.3. The lowest BCUT2D eigenvalue weighted by Crippen LogP contribution is -2.64. The van der Waals surface area contributed by atoms with E-state index in [2.05, 4.69) is 225 Å². The van der Waals surface area contributed by atoms with Gasteiger partial charge in [-0.1, -0.05) is 150 Å². The van der Waals surface area contributed by atoms with E-state index < -0.39 is 0 Å². The Morgan fingerprint density at radius 3 is 2.08 bits per heavy atom. The summed E-state index contributed by atoms with van der Waals surface area (Å²) in [5.41, 5.74) is 19.5. The Balaban J connectivity index is 1.14. The highest BCUT2D eigenvalue weighted by Gasteiger charge is 2.61. The highest BCUT2D eigenvalue weighted by atomic mass is 15.3. The van der Waals surface area contributed by atoms with Gasteiger partial charge in [-0.3, -0.25) is 0 Å². The van der Waals surface area contributed by atoms with Crippen LogP contribution in [0.1, 0.15) is 71.4 Å². The monoisotopic (exact) mass is 801 g/mol. The summed E-state index contributed by atoms with van der Waals surface area (Å²) in [6.45, 7) is 12.3.